The van der Waals surface area contributed by atoms with Crippen molar-refractivity contribution >= 4 is 17.1 Å². The number of fused-ring (bicyclic) bond motifs is 1. The number of nitrogens with one attached hydrogen (secondary N) is 1. The van der Waals surface area contributed by atoms with Crippen LogP contribution in [0.3, 0.4) is 0 Å². The highest BCUT2D eigenvalue weighted by molar-refractivity contribution is 6.01. The van der Waals surface area contributed by atoms with Crippen molar-refractivity contribution in [3.8, 4) is 11.4 Å². The van der Waals surface area contributed by atoms with Gasteiger partial charge in [0.1, 0.15) is 17.1 Å². The van der Waals surface area contributed by atoms with E-state index in [1.54, 1.807) is 31.4 Å². The molecule has 136 valence electrons. The molecule has 0 saturated carbocycles. The van der Waals surface area contributed by atoms with Crippen molar-refractivity contribution in [3.05, 3.63) is 46.3 Å². The van der Waals surface area contributed by atoms with E-state index >= 15 is 0 Å². The van der Waals surface area contributed by atoms with Gasteiger partial charge in [-0.2, -0.15) is 0 Å². The molecule has 8 nitrogen and oxygen atoms in total. The first-order valence-electron chi connectivity index (χ1n) is 8.47. The fourth-order valence-electron chi connectivity index (χ4n) is 3.01. The highest BCUT2D eigenvalue weighted by atomic mass is 16.5. The molecule has 0 atom stereocenters. The number of H-pyrrole nitrogens is 1. The van der Waals surface area contributed by atoms with Gasteiger partial charge in [0.15, 0.2) is 11.3 Å². The summed E-state index contributed by atoms with van der Waals surface area (Å²) >= 11 is 0. The molecule has 3 rings (SSSR count). The molecule has 0 aliphatic rings. The third-order valence-electron chi connectivity index (χ3n) is 4.45. The van der Waals surface area contributed by atoms with Gasteiger partial charge in [0.2, 0.25) is 0 Å². The van der Waals surface area contributed by atoms with Gasteiger partial charge < -0.3 is 15.5 Å². The Morgan fingerprint density at radius 2 is 2.04 bits per heavy atom. The van der Waals surface area contributed by atoms with E-state index in [0.717, 1.165) is 12.8 Å². The summed E-state index contributed by atoms with van der Waals surface area (Å²) in [6.45, 7) is 4.05. The lowest BCUT2D eigenvalue weighted by Crippen LogP contribution is -2.17. The smallest absolute Gasteiger partial charge is 0.332 e. The minimum atomic E-state index is -0.705. The zero-order valence-electron chi connectivity index (χ0n) is 14.9. The summed E-state index contributed by atoms with van der Waals surface area (Å²) in [5, 5.41) is 0. The van der Waals surface area contributed by atoms with E-state index in [9.17, 15) is 9.59 Å². The first-order chi connectivity index (χ1) is 12.5. The van der Waals surface area contributed by atoms with Crippen LogP contribution in [0.1, 0.15) is 48.9 Å². The lowest BCUT2D eigenvalue weighted by Gasteiger charge is -2.12. The van der Waals surface area contributed by atoms with Crippen molar-refractivity contribution in [3.63, 3.8) is 0 Å². The maximum atomic E-state index is 12.6. The molecule has 26 heavy (non-hydrogen) atoms. The molecule has 1 aromatic carbocycles. The number of rotatable bonds is 6. The number of ether oxygens (including phenoxy) is 1. The van der Waals surface area contributed by atoms with Crippen molar-refractivity contribution in [1.29, 1.82) is 0 Å². The summed E-state index contributed by atoms with van der Waals surface area (Å²) in [7, 11) is 1.55. The quantitative estimate of drug-likeness (QED) is 0.702. The predicted octanol–water partition coefficient (Wildman–Crippen LogP) is 2.12. The number of amides is 1. The van der Waals surface area contributed by atoms with E-state index < -0.39 is 11.6 Å². The highest BCUT2D eigenvalue weighted by Crippen LogP contribution is 2.24. The van der Waals surface area contributed by atoms with Crippen LogP contribution >= 0.6 is 0 Å². The van der Waals surface area contributed by atoms with Gasteiger partial charge in [0.05, 0.1) is 12.8 Å². The van der Waals surface area contributed by atoms with Crippen molar-refractivity contribution in [2.75, 3.05) is 7.11 Å². The molecular weight excluding hydrogens is 334 g/mol. The Morgan fingerprint density at radius 3 is 2.65 bits per heavy atom. The van der Waals surface area contributed by atoms with Gasteiger partial charge in [-0.1, -0.05) is 19.9 Å². The summed E-state index contributed by atoms with van der Waals surface area (Å²) in [5.41, 5.74) is 6.23. The molecule has 0 spiro atoms. The zero-order valence-corrected chi connectivity index (χ0v) is 14.9. The van der Waals surface area contributed by atoms with E-state index in [1.165, 1.54) is 4.57 Å². The fourth-order valence-corrected chi connectivity index (χ4v) is 3.01. The van der Waals surface area contributed by atoms with Gasteiger partial charge in [0.25, 0.3) is 5.91 Å². The number of aromatic nitrogens is 4. The summed E-state index contributed by atoms with van der Waals surface area (Å²) < 4.78 is 6.63. The summed E-state index contributed by atoms with van der Waals surface area (Å²) in [6, 6.07) is 7.04. The second kappa shape index (κ2) is 6.99. The minimum absolute atomic E-state index is 0.0237. The molecule has 1 amide bonds. The lowest BCUT2D eigenvalue weighted by atomic mass is 10.0. The summed E-state index contributed by atoms with van der Waals surface area (Å²) in [5.74, 6) is 0.477. The van der Waals surface area contributed by atoms with Gasteiger partial charge in [-0.3, -0.25) is 4.79 Å². The van der Waals surface area contributed by atoms with Gasteiger partial charge in [0, 0.05) is 12.0 Å². The molecule has 0 aliphatic carbocycles. The van der Waals surface area contributed by atoms with Crippen molar-refractivity contribution < 1.29 is 9.53 Å². The molecule has 0 aliphatic heterocycles. The van der Waals surface area contributed by atoms with Crippen LogP contribution in [0.4, 0.5) is 0 Å². The third-order valence-corrected chi connectivity index (χ3v) is 4.45. The normalized spacial score (nSPS) is 11.2. The average molecular weight is 355 g/mol. The number of hydrogen-bond acceptors (Lipinski definition) is 5. The van der Waals surface area contributed by atoms with E-state index in [-0.39, 0.29) is 17.1 Å². The molecule has 0 radical (unpaired) electrons. The Morgan fingerprint density at radius 1 is 1.31 bits per heavy atom. The van der Waals surface area contributed by atoms with E-state index in [4.69, 9.17) is 10.5 Å². The van der Waals surface area contributed by atoms with Crippen molar-refractivity contribution in [1.82, 2.24) is 19.5 Å². The van der Waals surface area contributed by atoms with Gasteiger partial charge >= 0.3 is 5.69 Å². The van der Waals surface area contributed by atoms with E-state index in [1.807, 2.05) is 13.8 Å². The first-order valence-corrected chi connectivity index (χ1v) is 8.47. The maximum Gasteiger partial charge on any atom is 0.332 e. The first kappa shape index (κ1) is 17.7. The van der Waals surface area contributed by atoms with Crippen LogP contribution < -0.4 is 16.2 Å². The summed E-state index contributed by atoms with van der Waals surface area (Å²) in [6.07, 6.45) is 1.63. The molecule has 0 saturated heterocycles. The van der Waals surface area contributed by atoms with Crippen LogP contribution in [0.2, 0.25) is 0 Å². The Bertz CT molecular complexity index is 1020. The standard InChI is InChI=1S/C18H21N5O3/c1-4-10(5-2)16-20-13(15(19)24)14-17(22-16)23(18(25)21-14)11-7-6-8-12(9-11)26-3/h6-10H,4-5H2,1-3H3,(H2,19,24)(H,21,25). The average Bonchev–Trinajstić information content (AvgIpc) is 2.97. The largest absolute Gasteiger partial charge is 0.497 e. The van der Waals surface area contributed by atoms with Crippen molar-refractivity contribution in [2.45, 2.75) is 32.6 Å². The van der Waals surface area contributed by atoms with Crippen LogP contribution in [0.5, 0.6) is 5.75 Å². The Kier molecular flexibility index (Phi) is 4.75. The van der Waals surface area contributed by atoms with Gasteiger partial charge in [-0.15, -0.1) is 0 Å². The second-order valence-electron chi connectivity index (χ2n) is 5.97. The maximum absolute atomic E-state index is 12.6. The highest BCUT2D eigenvalue weighted by Gasteiger charge is 2.22. The molecule has 0 unspecified atom stereocenters. The van der Waals surface area contributed by atoms with Crippen LogP contribution in [0.15, 0.2) is 29.1 Å². The fraction of sp³-hybridized carbons (Fsp3) is 0.333. The van der Waals surface area contributed by atoms with Crippen LogP contribution in [0.25, 0.3) is 16.9 Å². The number of imidazole rings is 1. The molecule has 8 heteroatoms. The second-order valence-corrected chi connectivity index (χ2v) is 5.97. The predicted molar refractivity (Wildman–Crippen MR) is 97.9 cm³/mol. The molecule has 0 bridgehead atoms. The number of carbonyl (C=O) groups is 1. The number of aromatic amines is 1. The number of nitrogens with zero attached hydrogens (tertiary/aromatic N) is 3. The molecular formula is C18H21N5O3. The van der Waals surface area contributed by atoms with Crippen LogP contribution in [-0.2, 0) is 0 Å². The van der Waals surface area contributed by atoms with Crippen LogP contribution in [0, 0.1) is 0 Å². The molecule has 0 fully saturated rings. The number of carbonyl (C=O) groups excluding carboxylic acids is 1. The Hall–Kier alpha value is -3.16. The number of primary amides is 1. The van der Waals surface area contributed by atoms with Crippen molar-refractivity contribution in [2.24, 2.45) is 5.73 Å². The molecule has 3 aromatic rings. The van der Waals surface area contributed by atoms with E-state index in [0.29, 0.717) is 22.9 Å². The zero-order chi connectivity index (χ0) is 18.8. The topological polar surface area (TPSA) is 116 Å². The number of nitrogens with two attached hydrogens (primary N) is 1. The Balaban J connectivity index is 2.35. The molecule has 3 N–H and O–H groups in total. The third kappa shape index (κ3) is 2.94. The van der Waals surface area contributed by atoms with Gasteiger partial charge in [-0.05, 0) is 25.0 Å². The van der Waals surface area contributed by atoms with Gasteiger partial charge in [-0.25, -0.2) is 19.3 Å². The number of methoxy groups -OCH3 is 1. The number of hydrogen-bond donors (Lipinski definition) is 2. The molecule has 2 aromatic heterocycles. The van der Waals surface area contributed by atoms with Crippen LogP contribution in [-0.4, -0.2) is 32.5 Å². The summed E-state index contributed by atoms with van der Waals surface area (Å²) in [4.78, 5) is 36.1. The van der Waals surface area contributed by atoms with E-state index in [2.05, 4.69) is 15.0 Å². The minimum Gasteiger partial charge on any atom is -0.497 e. The SMILES string of the molecule is CCC(CC)c1nc(C(N)=O)c2[nH]c(=O)n(-c3cccc(OC)c3)c2n1. The molecule has 2 heterocycles. The Labute approximate surface area is 150 Å². The number of benzene rings is 1. The monoisotopic (exact) mass is 355 g/mol. The lowest BCUT2D eigenvalue weighted by molar-refractivity contribution is 0.0996.